The van der Waals surface area contributed by atoms with Crippen LogP contribution in [-0.2, 0) is 23.7 Å². The Labute approximate surface area is 328 Å². The average molecular weight is 790 g/mol. The summed E-state index contributed by atoms with van der Waals surface area (Å²) in [5, 5.41) is 86.1. The van der Waals surface area contributed by atoms with Crippen molar-refractivity contribution in [3.05, 3.63) is 24.3 Å². The van der Waals surface area contributed by atoms with Crippen molar-refractivity contribution in [2.75, 3.05) is 19.8 Å². The number of nitrogens with one attached hydrogen (secondary N) is 1. The van der Waals surface area contributed by atoms with Gasteiger partial charge in [-0.25, -0.2) is 0 Å². The van der Waals surface area contributed by atoms with Gasteiger partial charge < -0.3 is 65.1 Å². The van der Waals surface area contributed by atoms with E-state index in [4.69, 9.17) is 18.9 Å². The van der Waals surface area contributed by atoms with Crippen LogP contribution >= 0.6 is 0 Å². The van der Waals surface area contributed by atoms with Crippen LogP contribution in [0.3, 0.4) is 0 Å². The molecule has 0 aromatic heterocycles. The molecule has 0 bridgehead atoms. The molecular formula is C41H75NO13. The highest BCUT2D eigenvalue weighted by atomic mass is 16.7. The Balaban J connectivity index is 1.92. The van der Waals surface area contributed by atoms with Crippen molar-refractivity contribution in [1.82, 2.24) is 5.32 Å². The highest BCUT2D eigenvalue weighted by Gasteiger charge is 2.50. The molecule has 0 aromatic rings. The molecule has 14 nitrogen and oxygen atoms in total. The van der Waals surface area contributed by atoms with Gasteiger partial charge in [-0.1, -0.05) is 109 Å². The summed E-state index contributed by atoms with van der Waals surface area (Å²) < 4.78 is 22.5. The SMILES string of the molecule is CCCCCC/C=C\CCCCCCCC(=O)NC(COC1OC(CO)C(OC2OC(CO)C(O)C(O)C2O)C(O)C1O)C(O)/C=C/CCCCCCCC. The minimum Gasteiger partial charge on any atom is -0.394 e. The van der Waals surface area contributed by atoms with Gasteiger partial charge in [-0.2, -0.15) is 0 Å². The number of carbonyl (C=O) groups is 1. The second kappa shape index (κ2) is 29.6. The van der Waals surface area contributed by atoms with E-state index in [1.54, 1.807) is 6.08 Å². The fourth-order valence-corrected chi connectivity index (χ4v) is 6.81. The lowest BCUT2D eigenvalue weighted by atomic mass is 9.97. The van der Waals surface area contributed by atoms with E-state index in [-0.39, 0.29) is 18.9 Å². The van der Waals surface area contributed by atoms with Crippen LogP contribution in [0.4, 0.5) is 0 Å². The number of amides is 1. The molecule has 0 aromatic carbocycles. The molecule has 0 saturated carbocycles. The normalized spacial score (nSPS) is 29.9. The molecule has 1 amide bonds. The highest BCUT2D eigenvalue weighted by molar-refractivity contribution is 5.76. The van der Waals surface area contributed by atoms with Gasteiger partial charge in [-0.15, -0.1) is 0 Å². The van der Waals surface area contributed by atoms with Crippen LogP contribution in [0.25, 0.3) is 0 Å². The number of allylic oxidation sites excluding steroid dienone is 3. The average Bonchev–Trinajstić information content (AvgIpc) is 3.18. The summed E-state index contributed by atoms with van der Waals surface area (Å²) in [7, 11) is 0. The van der Waals surface area contributed by atoms with Gasteiger partial charge in [0.2, 0.25) is 5.91 Å². The zero-order valence-electron chi connectivity index (χ0n) is 33.4. The summed E-state index contributed by atoms with van der Waals surface area (Å²) in [4.78, 5) is 13.0. The molecule has 322 valence electrons. The van der Waals surface area contributed by atoms with Crippen LogP contribution in [0, 0.1) is 0 Å². The maximum absolute atomic E-state index is 13.0. The molecule has 0 radical (unpaired) electrons. The second-order valence-corrected chi connectivity index (χ2v) is 15.1. The molecule has 0 aliphatic carbocycles. The van der Waals surface area contributed by atoms with Gasteiger partial charge in [-0.3, -0.25) is 4.79 Å². The van der Waals surface area contributed by atoms with Crippen molar-refractivity contribution in [2.24, 2.45) is 0 Å². The summed E-state index contributed by atoms with van der Waals surface area (Å²) in [6.45, 7) is 2.67. The second-order valence-electron chi connectivity index (χ2n) is 15.1. The van der Waals surface area contributed by atoms with Crippen LogP contribution in [0.1, 0.15) is 136 Å². The summed E-state index contributed by atoms with van der Waals surface area (Å²) in [5.74, 6) is -0.255. The van der Waals surface area contributed by atoms with Crippen molar-refractivity contribution >= 4 is 5.91 Å². The summed E-state index contributed by atoms with van der Waals surface area (Å²) in [6.07, 6.45) is 11.1. The first-order valence-corrected chi connectivity index (χ1v) is 21.1. The predicted octanol–water partition coefficient (Wildman–Crippen LogP) is 3.04. The van der Waals surface area contributed by atoms with Gasteiger partial charge in [0.25, 0.3) is 0 Å². The number of carbonyl (C=O) groups excluding carboxylic acids is 1. The van der Waals surface area contributed by atoms with E-state index in [0.717, 1.165) is 64.2 Å². The smallest absolute Gasteiger partial charge is 0.220 e. The first-order valence-electron chi connectivity index (χ1n) is 21.1. The number of hydrogen-bond donors (Lipinski definition) is 9. The fourth-order valence-electron chi connectivity index (χ4n) is 6.81. The topological polar surface area (TPSA) is 228 Å². The third-order valence-electron chi connectivity index (χ3n) is 10.4. The lowest BCUT2D eigenvalue weighted by Gasteiger charge is -2.46. The first kappa shape index (κ1) is 49.6. The number of rotatable bonds is 30. The number of aliphatic hydroxyl groups excluding tert-OH is 8. The van der Waals surface area contributed by atoms with Crippen LogP contribution in [-0.4, -0.2) is 140 Å². The zero-order valence-corrected chi connectivity index (χ0v) is 33.4. The molecule has 2 aliphatic heterocycles. The van der Waals surface area contributed by atoms with Crippen molar-refractivity contribution in [1.29, 1.82) is 0 Å². The van der Waals surface area contributed by atoms with Gasteiger partial charge >= 0.3 is 0 Å². The Bertz CT molecular complexity index is 1030. The molecule has 14 heteroatoms. The molecule has 2 rings (SSSR count). The molecule has 55 heavy (non-hydrogen) atoms. The van der Waals surface area contributed by atoms with Crippen LogP contribution in [0.15, 0.2) is 24.3 Å². The van der Waals surface area contributed by atoms with E-state index < -0.39 is 86.8 Å². The lowest BCUT2D eigenvalue weighted by Crippen LogP contribution is -2.65. The molecule has 2 saturated heterocycles. The number of unbranched alkanes of at least 4 members (excludes halogenated alkanes) is 15. The third-order valence-corrected chi connectivity index (χ3v) is 10.4. The number of aliphatic hydroxyl groups is 8. The molecule has 2 heterocycles. The first-order chi connectivity index (χ1) is 26.6. The fraction of sp³-hybridized carbons (Fsp3) is 0.878. The minimum atomic E-state index is -1.78. The molecule has 12 unspecified atom stereocenters. The molecule has 9 N–H and O–H groups in total. The monoisotopic (exact) mass is 790 g/mol. The number of hydrogen-bond acceptors (Lipinski definition) is 13. The summed E-state index contributed by atoms with van der Waals surface area (Å²) in [6, 6.07) is -0.911. The lowest BCUT2D eigenvalue weighted by molar-refractivity contribution is -0.359. The van der Waals surface area contributed by atoms with E-state index in [1.165, 1.54) is 44.9 Å². The van der Waals surface area contributed by atoms with E-state index in [2.05, 4.69) is 31.3 Å². The van der Waals surface area contributed by atoms with Gasteiger partial charge in [-0.05, 0) is 44.9 Å². The summed E-state index contributed by atoms with van der Waals surface area (Å²) in [5.41, 5.74) is 0. The highest BCUT2D eigenvalue weighted by Crippen LogP contribution is 2.29. The van der Waals surface area contributed by atoms with Gasteiger partial charge in [0, 0.05) is 6.42 Å². The van der Waals surface area contributed by atoms with Crippen molar-refractivity contribution in [3.8, 4) is 0 Å². The van der Waals surface area contributed by atoms with Crippen LogP contribution < -0.4 is 5.32 Å². The Morgan fingerprint density at radius 1 is 0.636 bits per heavy atom. The Morgan fingerprint density at radius 3 is 1.75 bits per heavy atom. The molecule has 12 atom stereocenters. The van der Waals surface area contributed by atoms with Crippen LogP contribution in [0.2, 0.25) is 0 Å². The standard InChI is InChI=1S/C41H75NO13/c1-3-5-7-9-11-13-14-15-16-17-19-21-23-25-33(46)42-29(30(45)24-22-20-18-12-10-8-6-4-2)28-52-40-38(51)36(49)39(32(27-44)54-40)55-41-37(50)35(48)34(47)31(26-43)53-41/h13-14,22,24,29-32,34-41,43-45,47-51H,3-12,15-21,23,25-28H2,1-2H3,(H,42,46)/b14-13-,24-22+. The quantitative estimate of drug-likeness (QED) is 0.0377. The third kappa shape index (κ3) is 18.7. The Morgan fingerprint density at radius 2 is 1.15 bits per heavy atom. The largest absolute Gasteiger partial charge is 0.394 e. The van der Waals surface area contributed by atoms with E-state index in [9.17, 15) is 45.6 Å². The molecular weight excluding hydrogens is 714 g/mol. The Hall–Kier alpha value is -1.53. The van der Waals surface area contributed by atoms with Crippen molar-refractivity contribution in [3.63, 3.8) is 0 Å². The predicted molar refractivity (Wildman–Crippen MR) is 208 cm³/mol. The zero-order chi connectivity index (χ0) is 40.4. The molecule has 2 aliphatic rings. The van der Waals surface area contributed by atoms with Gasteiger partial charge in [0.05, 0.1) is 32.0 Å². The van der Waals surface area contributed by atoms with E-state index in [0.29, 0.717) is 6.42 Å². The van der Waals surface area contributed by atoms with E-state index >= 15 is 0 Å². The molecule has 2 fully saturated rings. The number of ether oxygens (including phenoxy) is 4. The maximum Gasteiger partial charge on any atom is 0.220 e. The molecule has 0 spiro atoms. The van der Waals surface area contributed by atoms with Crippen LogP contribution in [0.5, 0.6) is 0 Å². The maximum atomic E-state index is 13.0. The summed E-state index contributed by atoms with van der Waals surface area (Å²) >= 11 is 0. The minimum absolute atomic E-state index is 0.255. The van der Waals surface area contributed by atoms with Crippen molar-refractivity contribution < 1.29 is 64.6 Å². The van der Waals surface area contributed by atoms with Gasteiger partial charge in [0.15, 0.2) is 12.6 Å². The Kier molecular flexibility index (Phi) is 26.7. The van der Waals surface area contributed by atoms with Crippen molar-refractivity contribution in [2.45, 2.75) is 209 Å². The van der Waals surface area contributed by atoms with Gasteiger partial charge in [0.1, 0.15) is 48.8 Å². The van der Waals surface area contributed by atoms with E-state index in [1.807, 2.05) is 6.08 Å².